The maximum absolute atomic E-state index is 13.3. The maximum Gasteiger partial charge on any atom is 0.124 e. The van der Waals surface area contributed by atoms with Gasteiger partial charge in [-0.15, -0.1) is 0 Å². The monoisotopic (exact) mass is 287 g/mol. The Morgan fingerprint density at radius 2 is 1.81 bits per heavy atom. The number of hydrogen-bond acceptors (Lipinski definition) is 2. The number of nitrogens with one attached hydrogen (secondary N) is 1. The zero-order valence-electron chi connectivity index (χ0n) is 12.8. The van der Waals surface area contributed by atoms with E-state index in [9.17, 15) is 4.39 Å². The molecule has 0 amide bonds. The van der Waals surface area contributed by atoms with Crippen LogP contribution in [-0.2, 0) is 0 Å². The number of hydrogen-bond donors (Lipinski definition) is 1. The lowest BCUT2D eigenvalue weighted by Crippen LogP contribution is -2.23. The molecule has 0 aliphatic carbocycles. The van der Waals surface area contributed by atoms with Crippen LogP contribution in [0.25, 0.3) is 0 Å². The zero-order valence-corrected chi connectivity index (χ0v) is 12.8. The van der Waals surface area contributed by atoms with E-state index in [-0.39, 0.29) is 17.9 Å². The minimum Gasteiger partial charge on any atom is -0.494 e. The van der Waals surface area contributed by atoms with Gasteiger partial charge in [-0.25, -0.2) is 4.39 Å². The van der Waals surface area contributed by atoms with E-state index in [4.69, 9.17) is 4.74 Å². The molecular weight excluding hydrogens is 265 g/mol. The second kappa shape index (κ2) is 7.23. The average molecular weight is 287 g/mol. The van der Waals surface area contributed by atoms with E-state index in [0.717, 1.165) is 16.9 Å². The number of halogens is 1. The van der Waals surface area contributed by atoms with Gasteiger partial charge in [0, 0.05) is 17.6 Å². The van der Waals surface area contributed by atoms with Crippen molar-refractivity contribution in [2.45, 2.75) is 32.9 Å². The van der Waals surface area contributed by atoms with E-state index in [1.165, 1.54) is 6.07 Å². The van der Waals surface area contributed by atoms with Gasteiger partial charge in [0.1, 0.15) is 11.6 Å². The highest BCUT2D eigenvalue weighted by Gasteiger charge is 2.14. The predicted octanol–water partition coefficient (Wildman–Crippen LogP) is 4.64. The summed E-state index contributed by atoms with van der Waals surface area (Å²) in [6.07, 6.45) is 0. The second-order valence-corrected chi connectivity index (χ2v) is 5.14. The Balaban J connectivity index is 2.12. The highest BCUT2D eigenvalue weighted by atomic mass is 19.1. The first kappa shape index (κ1) is 15.5. The Kier molecular flexibility index (Phi) is 5.34. The van der Waals surface area contributed by atoms with Crippen molar-refractivity contribution >= 4 is 0 Å². The van der Waals surface area contributed by atoms with Crippen molar-refractivity contribution in [3.8, 4) is 5.75 Å². The van der Waals surface area contributed by atoms with Crippen molar-refractivity contribution in [1.29, 1.82) is 0 Å². The fraction of sp³-hybridized carbons (Fsp3) is 0.333. The number of para-hydroxylation sites is 1. The molecule has 0 fully saturated rings. The van der Waals surface area contributed by atoms with Crippen LogP contribution >= 0.6 is 0 Å². The van der Waals surface area contributed by atoms with Crippen LogP contribution in [0.3, 0.4) is 0 Å². The number of benzene rings is 2. The van der Waals surface area contributed by atoms with Gasteiger partial charge in [-0.05, 0) is 44.5 Å². The molecule has 3 heteroatoms. The van der Waals surface area contributed by atoms with Crippen LogP contribution in [0.2, 0.25) is 0 Å². The summed E-state index contributed by atoms with van der Waals surface area (Å²) in [5.41, 5.74) is 2.05. The van der Waals surface area contributed by atoms with Gasteiger partial charge in [0.2, 0.25) is 0 Å². The predicted molar refractivity (Wildman–Crippen MR) is 84.0 cm³/mol. The molecule has 2 nitrogen and oxygen atoms in total. The largest absolute Gasteiger partial charge is 0.494 e. The standard InChI is InChI=1S/C18H22FNO/c1-4-21-18-11-6-5-10-17(18)14(3)20-13(2)15-8-7-9-16(19)12-15/h5-14,20H,4H2,1-3H3. The summed E-state index contributed by atoms with van der Waals surface area (Å²) in [4.78, 5) is 0. The maximum atomic E-state index is 13.3. The molecule has 21 heavy (non-hydrogen) atoms. The Morgan fingerprint density at radius 1 is 1.05 bits per heavy atom. The molecule has 0 radical (unpaired) electrons. The summed E-state index contributed by atoms with van der Waals surface area (Å²) in [7, 11) is 0. The SMILES string of the molecule is CCOc1ccccc1C(C)NC(C)c1cccc(F)c1. The molecular formula is C18H22FNO. The molecule has 1 N–H and O–H groups in total. The molecule has 112 valence electrons. The second-order valence-electron chi connectivity index (χ2n) is 5.14. The number of rotatable bonds is 6. The van der Waals surface area contributed by atoms with Crippen LogP contribution in [0, 0.1) is 5.82 Å². The minimum atomic E-state index is -0.205. The van der Waals surface area contributed by atoms with Crippen molar-refractivity contribution in [2.75, 3.05) is 6.61 Å². The molecule has 2 atom stereocenters. The van der Waals surface area contributed by atoms with E-state index in [2.05, 4.69) is 18.3 Å². The van der Waals surface area contributed by atoms with Crippen molar-refractivity contribution in [3.05, 3.63) is 65.5 Å². The fourth-order valence-electron chi connectivity index (χ4n) is 2.46. The average Bonchev–Trinajstić information content (AvgIpc) is 2.48. The third-order valence-corrected chi connectivity index (χ3v) is 3.53. The van der Waals surface area contributed by atoms with Gasteiger partial charge < -0.3 is 10.1 Å². The first-order valence-corrected chi connectivity index (χ1v) is 7.35. The molecule has 2 unspecified atom stereocenters. The van der Waals surface area contributed by atoms with Crippen LogP contribution in [0.1, 0.15) is 44.0 Å². The summed E-state index contributed by atoms with van der Waals surface area (Å²) in [5.74, 6) is 0.690. The Hall–Kier alpha value is -1.87. The molecule has 0 saturated heterocycles. The van der Waals surface area contributed by atoms with Crippen LogP contribution in [0.5, 0.6) is 5.75 Å². The molecule has 2 rings (SSSR count). The van der Waals surface area contributed by atoms with E-state index >= 15 is 0 Å². The molecule has 0 heterocycles. The lowest BCUT2D eigenvalue weighted by molar-refractivity contribution is 0.331. The van der Waals surface area contributed by atoms with Gasteiger partial charge in [-0.3, -0.25) is 0 Å². The Bertz CT molecular complexity index is 585. The molecule has 0 aromatic heterocycles. The third kappa shape index (κ3) is 4.05. The van der Waals surface area contributed by atoms with Gasteiger partial charge in [0.15, 0.2) is 0 Å². The van der Waals surface area contributed by atoms with E-state index in [1.54, 1.807) is 12.1 Å². The van der Waals surface area contributed by atoms with Gasteiger partial charge in [0.25, 0.3) is 0 Å². The van der Waals surface area contributed by atoms with Crippen LogP contribution in [0.4, 0.5) is 4.39 Å². The smallest absolute Gasteiger partial charge is 0.124 e. The van der Waals surface area contributed by atoms with Crippen molar-refractivity contribution < 1.29 is 9.13 Å². The minimum absolute atomic E-state index is 0.0605. The van der Waals surface area contributed by atoms with Crippen molar-refractivity contribution in [2.24, 2.45) is 0 Å². The molecule has 0 saturated carbocycles. The van der Waals surface area contributed by atoms with Gasteiger partial charge in [-0.1, -0.05) is 30.3 Å². The molecule has 0 bridgehead atoms. The first-order chi connectivity index (χ1) is 10.1. The van der Waals surface area contributed by atoms with Gasteiger partial charge in [-0.2, -0.15) is 0 Å². The van der Waals surface area contributed by atoms with Gasteiger partial charge in [0.05, 0.1) is 6.61 Å². The first-order valence-electron chi connectivity index (χ1n) is 7.35. The summed E-state index contributed by atoms with van der Waals surface area (Å²) < 4.78 is 19.0. The summed E-state index contributed by atoms with van der Waals surface area (Å²) in [6.45, 7) is 6.75. The summed E-state index contributed by atoms with van der Waals surface area (Å²) in [5, 5.41) is 3.49. The quantitative estimate of drug-likeness (QED) is 0.836. The molecule has 0 spiro atoms. The highest BCUT2D eigenvalue weighted by Crippen LogP contribution is 2.27. The molecule has 0 aliphatic heterocycles. The zero-order chi connectivity index (χ0) is 15.2. The Morgan fingerprint density at radius 3 is 2.52 bits per heavy atom. The van der Waals surface area contributed by atoms with E-state index in [1.807, 2.05) is 38.1 Å². The lowest BCUT2D eigenvalue weighted by Gasteiger charge is -2.22. The van der Waals surface area contributed by atoms with Gasteiger partial charge >= 0.3 is 0 Å². The van der Waals surface area contributed by atoms with Crippen LogP contribution < -0.4 is 10.1 Å². The normalized spacial score (nSPS) is 13.7. The Labute approximate surface area is 126 Å². The fourth-order valence-corrected chi connectivity index (χ4v) is 2.46. The topological polar surface area (TPSA) is 21.3 Å². The van der Waals surface area contributed by atoms with Crippen LogP contribution in [0.15, 0.2) is 48.5 Å². The summed E-state index contributed by atoms with van der Waals surface area (Å²) >= 11 is 0. The van der Waals surface area contributed by atoms with E-state index < -0.39 is 0 Å². The molecule has 2 aromatic rings. The van der Waals surface area contributed by atoms with Crippen LogP contribution in [-0.4, -0.2) is 6.61 Å². The molecule has 0 aliphatic rings. The van der Waals surface area contributed by atoms with Crippen molar-refractivity contribution in [3.63, 3.8) is 0 Å². The number of ether oxygens (including phenoxy) is 1. The van der Waals surface area contributed by atoms with E-state index in [0.29, 0.717) is 6.61 Å². The third-order valence-electron chi connectivity index (χ3n) is 3.53. The lowest BCUT2D eigenvalue weighted by atomic mass is 10.0. The van der Waals surface area contributed by atoms with Crippen molar-refractivity contribution in [1.82, 2.24) is 5.32 Å². The molecule has 2 aromatic carbocycles. The highest BCUT2D eigenvalue weighted by molar-refractivity contribution is 5.36. The summed E-state index contributed by atoms with van der Waals surface area (Å²) in [6, 6.07) is 14.9.